The number of nitrogens with one attached hydrogen (secondary N) is 3. The Morgan fingerprint density at radius 3 is 2.55 bits per heavy atom. The van der Waals surface area contributed by atoms with Crippen LogP contribution in [0.4, 0.5) is 5.69 Å². The Labute approximate surface area is 191 Å². The Kier molecular flexibility index (Phi) is 7.04. The van der Waals surface area contributed by atoms with Crippen LogP contribution in [0.25, 0.3) is 0 Å². The van der Waals surface area contributed by atoms with E-state index in [1.165, 1.54) is 6.26 Å². The molecule has 0 bridgehead atoms. The van der Waals surface area contributed by atoms with Crippen molar-refractivity contribution in [2.45, 2.75) is 31.3 Å². The molecule has 1 saturated carbocycles. The van der Waals surface area contributed by atoms with Crippen LogP contribution in [0.2, 0.25) is 0 Å². The lowest BCUT2D eigenvalue weighted by Crippen LogP contribution is -2.49. The largest absolute Gasteiger partial charge is 0.484 e. The highest BCUT2D eigenvalue weighted by atomic mass is 16.5. The molecule has 3 aromatic rings. The molecule has 4 rings (SSSR count). The molecule has 8 heteroatoms. The number of furan rings is 1. The van der Waals surface area contributed by atoms with E-state index in [-0.39, 0.29) is 30.2 Å². The van der Waals surface area contributed by atoms with Gasteiger partial charge in [-0.05, 0) is 42.7 Å². The van der Waals surface area contributed by atoms with Crippen LogP contribution >= 0.6 is 0 Å². The van der Waals surface area contributed by atoms with Gasteiger partial charge in [0.1, 0.15) is 11.8 Å². The van der Waals surface area contributed by atoms with Gasteiger partial charge < -0.3 is 25.1 Å². The number of carbonyl (C=O) groups is 3. The highest BCUT2D eigenvalue weighted by molar-refractivity contribution is 6.02. The zero-order chi connectivity index (χ0) is 23.0. The van der Waals surface area contributed by atoms with Gasteiger partial charge in [0.2, 0.25) is 5.91 Å². The molecule has 8 nitrogen and oxygen atoms in total. The molecule has 3 amide bonds. The van der Waals surface area contributed by atoms with E-state index in [1.54, 1.807) is 36.4 Å². The third kappa shape index (κ3) is 6.70. The summed E-state index contributed by atoms with van der Waals surface area (Å²) in [6.45, 7) is -0.266. The summed E-state index contributed by atoms with van der Waals surface area (Å²) < 4.78 is 10.7. The van der Waals surface area contributed by atoms with Crippen LogP contribution in [0.3, 0.4) is 0 Å². The molecule has 2 aromatic carbocycles. The van der Waals surface area contributed by atoms with Gasteiger partial charge in [0.25, 0.3) is 11.8 Å². The Morgan fingerprint density at radius 2 is 1.82 bits per heavy atom. The maximum absolute atomic E-state index is 12.6. The standard InChI is InChI=1S/C25H25N3O5/c29-23(28-21(24(30)26-18-11-12-18)14-17-6-2-1-3-7-17)16-33-20-9-4-8-19(15-20)27-25(31)22-10-5-13-32-22/h1-10,13,15,18,21H,11-12,14,16H2,(H,26,30)(H,27,31)(H,28,29). The van der Waals surface area contributed by atoms with Crippen LogP contribution in [-0.2, 0) is 16.0 Å². The molecular formula is C25H25N3O5. The molecule has 1 aliphatic carbocycles. The molecule has 0 saturated heterocycles. The van der Waals surface area contributed by atoms with Gasteiger partial charge in [0.05, 0.1) is 6.26 Å². The lowest BCUT2D eigenvalue weighted by Gasteiger charge is -2.19. The highest BCUT2D eigenvalue weighted by Crippen LogP contribution is 2.20. The summed E-state index contributed by atoms with van der Waals surface area (Å²) in [5.74, 6) is -0.399. The molecule has 33 heavy (non-hydrogen) atoms. The predicted molar refractivity (Wildman–Crippen MR) is 122 cm³/mol. The molecule has 1 unspecified atom stereocenters. The number of hydrogen-bond donors (Lipinski definition) is 3. The molecule has 3 N–H and O–H groups in total. The van der Waals surface area contributed by atoms with Crippen molar-refractivity contribution in [3.8, 4) is 5.75 Å². The minimum atomic E-state index is -0.692. The normalized spacial score (nSPS) is 13.6. The second-order valence-electron chi connectivity index (χ2n) is 7.84. The number of hydrogen-bond acceptors (Lipinski definition) is 5. The van der Waals surface area contributed by atoms with E-state index in [2.05, 4.69) is 16.0 Å². The van der Waals surface area contributed by atoms with Crippen LogP contribution < -0.4 is 20.7 Å². The number of ether oxygens (including phenoxy) is 1. The van der Waals surface area contributed by atoms with Crippen molar-refractivity contribution in [1.29, 1.82) is 0 Å². The topological polar surface area (TPSA) is 110 Å². The fourth-order valence-electron chi connectivity index (χ4n) is 3.24. The summed E-state index contributed by atoms with van der Waals surface area (Å²) in [6, 6.07) is 18.9. The summed E-state index contributed by atoms with van der Waals surface area (Å²) in [5, 5.41) is 8.43. The Bertz CT molecular complexity index is 1090. The number of carbonyl (C=O) groups excluding carboxylic acids is 3. The zero-order valence-electron chi connectivity index (χ0n) is 18.0. The Balaban J connectivity index is 1.32. The summed E-state index contributed by atoms with van der Waals surface area (Å²) in [5.41, 5.74) is 1.45. The smallest absolute Gasteiger partial charge is 0.291 e. The molecular weight excluding hydrogens is 422 g/mol. The van der Waals surface area contributed by atoms with Gasteiger partial charge in [-0.3, -0.25) is 14.4 Å². The number of amides is 3. The van der Waals surface area contributed by atoms with Gasteiger partial charge in [-0.15, -0.1) is 0 Å². The Hall–Kier alpha value is -4.07. The molecule has 0 radical (unpaired) electrons. The third-order valence-electron chi connectivity index (χ3n) is 5.06. The van der Waals surface area contributed by atoms with Gasteiger partial charge >= 0.3 is 0 Å². The van der Waals surface area contributed by atoms with Gasteiger partial charge in [0.15, 0.2) is 12.4 Å². The molecule has 1 fully saturated rings. The van der Waals surface area contributed by atoms with Gasteiger partial charge in [-0.25, -0.2) is 0 Å². The maximum Gasteiger partial charge on any atom is 0.291 e. The fraction of sp³-hybridized carbons (Fsp3) is 0.240. The van der Waals surface area contributed by atoms with Crippen molar-refractivity contribution in [2.24, 2.45) is 0 Å². The van der Waals surface area contributed by atoms with Crippen molar-refractivity contribution < 1.29 is 23.5 Å². The van der Waals surface area contributed by atoms with E-state index in [0.29, 0.717) is 17.9 Å². The van der Waals surface area contributed by atoms with E-state index in [1.807, 2.05) is 30.3 Å². The first kappa shape index (κ1) is 22.1. The van der Waals surface area contributed by atoms with Crippen LogP contribution in [0.1, 0.15) is 29.0 Å². The molecule has 1 heterocycles. The fourth-order valence-corrected chi connectivity index (χ4v) is 3.24. The first-order chi connectivity index (χ1) is 16.1. The van der Waals surface area contributed by atoms with Crippen LogP contribution in [0.5, 0.6) is 5.75 Å². The minimum absolute atomic E-state index is 0.189. The van der Waals surface area contributed by atoms with Crippen LogP contribution in [-0.4, -0.2) is 36.4 Å². The van der Waals surface area contributed by atoms with Crippen LogP contribution in [0, 0.1) is 0 Å². The molecule has 0 spiro atoms. The van der Waals surface area contributed by atoms with Crippen LogP contribution in [0.15, 0.2) is 77.4 Å². The van der Waals surface area contributed by atoms with Crippen molar-refractivity contribution in [1.82, 2.24) is 10.6 Å². The van der Waals surface area contributed by atoms with E-state index in [9.17, 15) is 14.4 Å². The van der Waals surface area contributed by atoms with E-state index < -0.39 is 11.9 Å². The quantitative estimate of drug-likeness (QED) is 0.443. The van der Waals surface area contributed by atoms with Crippen molar-refractivity contribution in [2.75, 3.05) is 11.9 Å². The predicted octanol–water partition coefficient (Wildman–Crippen LogP) is 2.92. The van der Waals surface area contributed by atoms with Crippen molar-refractivity contribution in [3.05, 3.63) is 84.3 Å². The van der Waals surface area contributed by atoms with Gasteiger partial charge in [-0.2, -0.15) is 0 Å². The number of rotatable bonds is 10. The lowest BCUT2D eigenvalue weighted by molar-refractivity contribution is -0.130. The second kappa shape index (κ2) is 10.5. The van der Waals surface area contributed by atoms with Crippen molar-refractivity contribution in [3.63, 3.8) is 0 Å². The summed E-state index contributed by atoms with van der Waals surface area (Å²) >= 11 is 0. The summed E-state index contributed by atoms with van der Waals surface area (Å²) in [4.78, 5) is 37.3. The number of benzene rings is 2. The van der Waals surface area contributed by atoms with E-state index in [4.69, 9.17) is 9.15 Å². The minimum Gasteiger partial charge on any atom is -0.484 e. The van der Waals surface area contributed by atoms with Gasteiger partial charge in [0, 0.05) is 24.2 Å². The zero-order valence-corrected chi connectivity index (χ0v) is 18.0. The molecule has 170 valence electrons. The first-order valence-corrected chi connectivity index (χ1v) is 10.8. The molecule has 1 atom stereocenters. The highest BCUT2D eigenvalue weighted by Gasteiger charge is 2.28. The van der Waals surface area contributed by atoms with E-state index in [0.717, 1.165) is 18.4 Å². The Morgan fingerprint density at radius 1 is 1.00 bits per heavy atom. The molecule has 0 aliphatic heterocycles. The average Bonchev–Trinajstić information content (AvgIpc) is 3.45. The molecule has 1 aliphatic rings. The first-order valence-electron chi connectivity index (χ1n) is 10.8. The van der Waals surface area contributed by atoms with Gasteiger partial charge in [-0.1, -0.05) is 36.4 Å². The van der Waals surface area contributed by atoms with E-state index >= 15 is 0 Å². The summed E-state index contributed by atoms with van der Waals surface area (Å²) in [7, 11) is 0. The monoisotopic (exact) mass is 447 g/mol. The lowest BCUT2D eigenvalue weighted by atomic mass is 10.1. The second-order valence-corrected chi connectivity index (χ2v) is 7.84. The maximum atomic E-state index is 12.6. The summed E-state index contributed by atoms with van der Waals surface area (Å²) in [6.07, 6.45) is 3.74. The van der Waals surface area contributed by atoms with Crippen molar-refractivity contribution >= 4 is 23.4 Å². The number of anilines is 1. The third-order valence-corrected chi connectivity index (χ3v) is 5.06. The average molecular weight is 447 g/mol. The molecule has 1 aromatic heterocycles. The SMILES string of the molecule is O=C(COc1cccc(NC(=O)c2ccco2)c1)NC(Cc1ccccc1)C(=O)NC1CC1.